The molecule has 2 rings (SSSR count). The Kier molecular flexibility index (Phi) is 4.40. The molecule has 0 amide bonds. The van der Waals surface area contributed by atoms with E-state index >= 15 is 0 Å². The number of nitrogens with two attached hydrogens (primary N) is 1. The van der Waals surface area contributed by atoms with Gasteiger partial charge in [0.2, 0.25) is 10.0 Å². The summed E-state index contributed by atoms with van der Waals surface area (Å²) in [6.45, 7) is 0. The molecule has 0 spiro atoms. The molecule has 0 unspecified atom stereocenters. The quantitative estimate of drug-likeness (QED) is 0.803. The van der Waals surface area contributed by atoms with E-state index in [0.29, 0.717) is 24.3 Å². The van der Waals surface area contributed by atoms with Gasteiger partial charge in [0.15, 0.2) is 4.90 Å². The highest BCUT2D eigenvalue weighted by atomic mass is 32.2. The molecule has 3 N–H and O–H groups in total. The first kappa shape index (κ1) is 15.3. The third-order valence-electron chi connectivity index (χ3n) is 3.00. The SMILES string of the molecule is Nc1cc(F)c(S(=O)(=O)NC2CCS(=O)CC2)c(F)c1. The average molecular weight is 324 g/mol. The second kappa shape index (κ2) is 5.74. The highest BCUT2D eigenvalue weighted by Crippen LogP contribution is 2.23. The first-order valence-electron chi connectivity index (χ1n) is 5.91. The van der Waals surface area contributed by atoms with Crippen LogP contribution in [0.2, 0.25) is 0 Å². The Balaban J connectivity index is 2.25. The van der Waals surface area contributed by atoms with E-state index in [-0.39, 0.29) is 5.69 Å². The second-order valence-electron chi connectivity index (χ2n) is 4.56. The molecule has 112 valence electrons. The number of nitrogens with one attached hydrogen (secondary N) is 1. The molecule has 0 aromatic heterocycles. The fourth-order valence-corrected chi connectivity index (χ4v) is 4.75. The molecule has 5 nitrogen and oxygen atoms in total. The third-order valence-corrected chi connectivity index (χ3v) is 5.95. The van der Waals surface area contributed by atoms with Gasteiger partial charge in [-0.05, 0) is 25.0 Å². The van der Waals surface area contributed by atoms with Crippen LogP contribution in [0.25, 0.3) is 0 Å². The molecule has 1 aliphatic rings. The van der Waals surface area contributed by atoms with Crippen LogP contribution in [0.15, 0.2) is 17.0 Å². The lowest BCUT2D eigenvalue weighted by molar-refractivity contribution is 0.494. The molecule has 1 heterocycles. The summed E-state index contributed by atoms with van der Waals surface area (Å²) in [5.74, 6) is -1.71. The minimum Gasteiger partial charge on any atom is -0.399 e. The highest BCUT2D eigenvalue weighted by Gasteiger charge is 2.29. The topological polar surface area (TPSA) is 89.3 Å². The Morgan fingerprint density at radius 2 is 1.70 bits per heavy atom. The second-order valence-corrected chi connectivity index (χ2v) is 7.90. The molecule has 1 fully saturated rings. The van der Waals surface area contributed by atoms with Crippen LogP contribution >= 0.6 is 0 Å². The van der Waals surface area contributed by atoms with Crippen molar-refractivity contribution in [2.24, 2.45) is 0 Å². The van der Waals surface area contributed by atoms with Gasteiger partial charge >= 0.3 is 0 Å². The molecule has 0 aliphatic carbocycles. The summed E-state index contributed by atoms with van der Waals surface area (Å²) in [6, 6.07) is 1.05. The zero-order chi connectivity index (χ0) is 14.9. The van der Waals surface area contributed by atoms with Crippen LogP contribution in [0.5, 0.6) is 0 Å². The van der Waals surface area contributed by atoms with Crippen LogP contribution in [0.3, 0.4) is 0 Å². The summed E-state index contributed by atoms with van der Waals surface area (Å²) in [4.78, 5) is -1.03. The van der Waals surface area contributed by atoms with Crippen molar-refractivity contribution in [3.63, 3.8) is 0 Å². The summed E-state index contributed by atoms with van der Waals surface area (Å²) in [5.41, 5.74) is 5.05. The van der Waals surface area contributed by atoms with Gasteiger partial charge in [0.1, 0.15) is 11.6 Å². The van der Waals surface area contributed by atoms with E-state index in [1.165, 1.54) is 0 Å². The molecule has 0 radical (unpaired) electrons. The van der Waals surface area contributed by atoms with Gasteiger partial charge in [0.25, 0.3) is 0 Å². The first-order chi connectivity index (χ1) is 9.29. The molecule has 9 heteroatoms. The van der Waals surface area contributed by atoms with Crippen molar-refractivity contribution >= 4 is 26.5 Å². The van der Waals surface area contributed by atoms with Gasteiger partial charge in [-0.15, -0.1) is 0 Å². The summed E-state index contributed by atoms with van der Waals surface area (Å²) in [6.07, 6.45) is 0.758. The van der Waals surface area contributed by atoms with Crippen molar-refractivity contribution < 1.29 is 21.4 Å². The Morgan fingerprint density at radius 3 is 2.20 bits per heavy atom. The Bertz CT molecular complexity index is 616. The summed E-state index contributed by atoms with van der Waals surface area (Å²) < 4.78 is 64.8. The molecule has 1 aliphatic heterocycles. The lowest BCUT2D eigenvalue weighted by Crippen LogP contribution is -2.40. The molecule has 0 bridgehead atoms. The molecule has 0 atom stereocenters. The number of anilines is 1. The largest absolute Gasteiger partial charge is 0.399 e. The van der Waals surface area contributed by atoms with Crippen LogP contribution in [0.1, 0.15) is 12.8 Å². The normalized spacial score (nSPS) is 23.7. The highest BCUT2D eigenvalue weighted by molar-refractivity contribution is 7.89. The van der Waals surface area contributed by atoms with Gasteiger partial charge in [-0.3, -0.25) is 4.21 Å². The predicted octanol–water partition coefficient (Wildman–Crippen LogP) is 0.736. The maximum absolute atomic E-state index is 13.6. The summed E-state index contributed by atoms with van der Waals surface area (Å²) >= 11 is 0. The fourth-order valence-electron chi connectivity index (χ4n) is 2.03. The van der Waals surface area contributed by atoms with E-state index in [9.17, 15) is 21.4 Å². The third kappa shape index (κ3) is 3.33. The molecule has 1 aromatic carbocycles. The Labute approximate surface area is 118 Å². The zero-order valence-electron chi connectivity index (χ0n) is 10.4. The van der Waals surface area contributed by atoms with Crippen molar-refractivity contribution in [2.45, 2.75) is 23.8 Å². The summed E-state index contributed by atoms with van der Waals surface area (Å²) in [7, 11) is -5.26. The number of benzene rings is 1. The van der Waals surface area contributed by atoms with E-state index in [0.717, 1.165) is 12.1 Å². The van der Waals surface area contributed by atoms with Gasteiger partial charge < -0.3 is 5.73 Å². The van der Waals surface area contributed by atoms with E-state index in [1.807, 2.05) is 0 Å². The van der Waals surface area contributed by atoms with Gasteiger partial charge in [0, 0.05) is 34.0 Å². The van der Waals surface area contributed by atoms with Gasteiger partial charge in [-0.25, -0.2) is 21.9 Å². The minimum absolute atomic E-state index is 0.188. The van der Waals surface area contributed by atoms with E-state index < -0.39 is 43.4 Å². The maximum Gasteiger partial charge on any atom is 0.246 e. The number of rotatable bonds is 3. The minimum atomic E-state index is -4.31. The van der Waals surface area contributed by atoms with Crippen LogP contribution in [0, 0.1) is 11.6 Å². The number of nitrogen functional groups attached to an aromatic ring is 1. The number of hydrogen-bond acceptors (Lipinski definition) is 4. The fraction of sp³-hybridized carbons (Fsp3) is 0.455. The molecular weight excluding hydrogens is 310 g/mol. The van der Waals surface area contributed by atoms with E-state index in [2.05, 4.69) is 4.72 Å². The zero-order valence-corrected chi connectivity index (χ0v) is 12.1. The van der Waals surface area contributed by atoms with Crippen LogP contribution < -0.4 is 10.5 Å². The summed E-state index contributed by atoms with van der Waals surface area (Å²) in [5, 5.41) is 0. The molecule has 0 saturated carbocycles. The smallest absolute Gasteiger partial charge is 0.246 e. The Morgan fingerprint density at radius 1 is 1.20 bits per heavy atom. The average Bonchev–Trinajstić information content (AvgIpc) is 2.30. The predicted molar refractivity (Wildman–Crippen MR) is 72.0 cm³/mol. The van der Waals surface area contributed by atoms with Gasteiger partial charge in [0.05, 0.1) is 0 Å². The Hall–Kier alpha value is -1.06. The molecular formula is C11H14F2N2O3S2. The van der Waals surface area contributed by atoms with Crippen LogP contribution in [0.4, 0.5) is 14.5 Å². The lowest BCUT2D eigenvalue weighted by Gasteiger charge is -2.22. The van der Waals surface area contributed by atoms with Crippen LogP contribution in [-0.2, 0) is 20.8 Å². The van der Waals surface area contributed by atoms with Crippen molar-refractivity contribution in [3.05, 3.63) is 23.8 Å². The lowest BCUT2D eigenvalue weighted by atomic mass is 10.2. The monoisotopic (exact) mass is 324 g/mol. The first-order valence-corrected chi connectivity index (χ1v) is 8.88. The van der Waals surface area contributed by atoms with Crippen molar-refractivity contribution in [3.8, 4) is 0 Å². The maximum atomic E-state index is 13.6. The molecule has 1 aromatic rings. The van der Waals surface area contributed by atoms with E-state index in [1.54, 1.807) is 0 Å². The molecule has 20 heavy (non-hydrogen) atoms. The van der Waals surface area contributed by atoms with Crippen LogP contribution in [-0.4, -0.2) is 30.2 Å². The van der Waals surface area contributed by atoms with Gasteiger partial charge in [-0.1, -0.05) is 0 Å². The molecule has 1 saturated heterocycles. The van der Waals surface area contributed by atoms with Crippen molar-refractivity contribution in [1.82, 2.24) is 4.72 Å². The van der Waals surface area contributed by atoms with Crippen molar-refractivity contribution in [2.75, 3.05) is 17.2 Å². The number of halogens is 2. The van der Waals surface area contributed by atoms with Gasteiger partial charge in [-0.2, -0.15) is 0 Å². The number of sulfonamides is 1. The van der Waals surface area contributed by atoms with E-state index in [4.69, 9.17) is 5.73 Å². The van der Waals surface area contributed by atoms with Crippen molar-refractivity contribution in [1.29, 1.82) is 0 Å². The standard InChI is InChI=1S/C11H14F2N2O3S2/c12-9-5-7(14)6-10(13)11(9)20(17,18)15-8-1-3-19(16)4-2-8/h5-6,8,15H,1-4,14H2. The number of hydrogen-bond donors (Lipinski definition) is 2.